The summed E-state index contributed by atoms with van der Waals surface area (Å²) in [6.45, 7) is 1.86. The monoisotopic (exact) mass is 149 g/mol. The van der Waals surface area contributed by atoms with E-state index in [2.05, 4.69) is 5.32 Å². The molecule has 1 saturated heterocycles. The highest BCUT2D eigenvalue weighted by molar-refractivity contribution is 6.18. The van der Waals surface area contributed by atoms with Crippen molar-refractivity contribution in [1.29, 1.82) is 0 Å². The van der Waals surface area contributed by atoms with Crippen molar-refractivity contribution < 1.29 is 9.53 Å². The largest absolute Gasteiger partial charge is 0.443 e. The van der Waals surface area contributed by atoms with Gasteiger partial charge in [-0.1, -0.05) is 0 Å². The molecule has 0 spiro atoms. The van der Waals surface area contributed by atoms with Crippen LogP contribution in [0.5, 0.6) is 0 Å². The van der Waals surface area contributed by atoms with Gasteiger partial charge in [0, 0.05) is 0 Å². The molecule has 2 atom stereocenters. The van der Waals surface area contributed by atoms with Crippen LogP contribution in [-0.4, -0.2) is 24.1 Å². The molecule has 0 bridgehead atoms. The van der Waals surface area contributed by atoms with E-state index >= 15 is 0 Å². The van der Waals surface area contributed by atoms with E-state index in [-0.39, 0.29) is 18.2 Å². The minimum Gasteiger partial charge on any atom is -0.443 e. The maximum Gasteiger partial charge on any atom is 0.407 e. The SMILES string of the molecule is C[C@H]1NC(=O)OC1CCl. The molecule has 9 heavy (non-hydrogen) atoms. The van der Waals surface area contributed by atoms with Gasteiger partial charge in [0.25, 0.3) is 0 Å². The second-order valence-corrected chi connectivity index (χ2v) is 2.34. The maximum absolute atomic E-state index is 10.4. The second kappa shape index (κ2) is 2.43. The summed E-state index contributed by atoms with van der Waals surface area (Å²) < 4.78 is 4.74. The van der Waals surface area contributed by atoms with Gasteiger partial charge in [0.15, 0.2) is 0 Å². The van der Waals surface area contributed by atoms with Crippen LogP contribution in [0.15, 0.2) is 0 Å². The molecule has 1 unspecified atom stereocenters. The zero-order valence-corrected chi connectivity index (χ0v) is 5.81. The Hall–Kier alpha value is -0.440. The first-order chi connectivity index (χ1) is 4.24. The number of ether oxygens (including phenoxy) is 1. The number of carbonyl (C=O) groups is 1. The quantitative estimate of drug-likeness (QED) is 0.558. The molecule has 0 saturated carbocycles. The second-order valence-electron chi connectivity index (χ2n) is 2.03. The molecule has 0 aromatic heterocycles. The van der Waals surface area contributed by atoms with E-state index < -0.39 is 0 Å². The number of rotatable bonds is 1. The average molecular weight is 150 g/mol. The number of amides is 1. The first kappa shape index (κ1) is 6.68. The summed E-state index contributed by atoms with van der Waals surface area (Å²) in [5.41, 5.74) is 0. The number of hydrogen-bond acceptors (Lipinski definition) is 2. The summed E-state index contributed by atoms with van der Waals surface area (Å²) in [5, 5.41) is 2.57. The highest BCUT2D eigenvalue weighted by atomic mass is 35.5. The zero-order chi connectivity index (χ0) is 6.85. The lowest BCUT2D eigenvalue weighted by atomic mass is 10.2. The minimum atomic E-state index is -0.367. The Kier molecular flexibility index (Phi) is 1.81. The lowest BCUT2D eigenvalue weighted by Crippen LogP contribution is -2.28. The topological polar surface area (TPSA) is 38.3 Å². The first-order valence-electron chi connectivity index (χ1n) is 2.77. The van der Waals surface area contributed by atoms with Crippen LogP contribution >= 0.6 is 11.6 Å². The van der Waals surface area contributed by atoms with E-state index in [9.17, 15) is 4.79 Å². The van der Waals surface area contributed by atoms with Crippen LogP contribution in [0.1, 0.15) is 6.92 Å². The normalized spacial score (nSPS) is 33.8. The molecule has 4 heteroatoms. The summed E-state index contributed by atoms with van der Waals surface area (Å²) in [5.74, 6) is 0.361. The number of cyclic esters (lactones) is 1. The molecule has 1 N–H and O–H groups in total. The smallest absolute Gasteiger partial charge is 0.407 e. The summed E-state index contributed by atoms with van der Waals surface area (Å²) in [7, 11) is 0. The fraction of sp³-hybridized carbons (Fsp3) is 0.800. The fourth-order valence-corrected chi connectivity index (χ4v) is 1.05. The van der Waals surface area contributed by atoms with Gasteiger partial charge in [0.1, 0.15) is 6.10 Å². The summed E-state index contributed by atoms with van der Waals surface area (Å²) >= 11 is 5.45. The van der Waals surface area contributed by atoms with Crippen LogP contribution in [-0.2, 0) is 4.74 Å². The Morgan fingerprint density at radius 3 is 2.78 bits per heavy atom. The van der Waals surface area contributed by atoms with Crippen molar-refractivity contribution in [3.63, 3.8) is 0 Å². The molecule has 0 aromatic rings. The third-order valence-electron chi connectivity index (χ3n) is 1.31. The molecule has 1 aliphatic heterocycles. The van der Waals surface area contributed by atoms with Gasteiger partial charge in [-0.15, -0.1) is 11.6 Å². The van der Waals surface area contributed by atoms with Crippen molar-refractivity contribution in [2.24, 2.45) is 0 Å². The number of hydrogen-bond donors (Lipinski definition) is 1. The van der Waals surface area contributed by atoms with E-state index in [1.54, 1.807) is 0 Å². The Morgan fingerprint density at radius 1 is 1.89 bits per heavy atom. The fourth-order valence-electron chi connectivity index (χ4n) is 0.718. The average Bonchev–Trinajstić information content (AvgIpc) is 2.10. The van der Waals surface area contributed by atoms with Gasteiger partial charge in [-0.25, -0.2) is 4.79 Å². The molecular formula is C5H8ClNO2. The predicted molar refractivity (Wildman–Crippen MR) is 33.6 cm³/mol. The van der Waals surface area contributed by atoms with Crippen LogP contribution in [0.3, 0.4) is 0 Å². The van der Waals surface area contributed by atoms with Crippen LogP contribution in [0.2, 0.25) is 0 Å². The van der Waals surface area contributed by atoms with Gasteiger partial charge in [-0.05, 0) is 6.92 Å². The van der Waals surface area contributed by atoms with Gasteiger partial charge in [0.2, 0.25) is 0 Å². The third-order valence-corrected chi connectivity index (χ3v) is 1.62. The van der Waals surface area contributed by atoms with Crippen LogP contribution in [0.25, 0.3) is 0 Å². The Balaban J connectivity index is 2.47. The van der Waals surface area contributed by atoms with E-state index in [4.69, 9.17) is 16.3 Å². The predicted octanol–water partition coefficient (Wildman–Crippen LogP) is 0.722. The summed E-state index contributed by atoms with van der Waals surface area (Å²) in [6, 6.07) is 0.0509. The van der Waals surface area contributed by atoms with Crippen LogP contribution < -0.4 is 5.32 Å². The van der Waals surface area contributed by atoms with E-state index in [1.165, 1.54) is 0 Å². The molecule has 1 heterocycles. The molecule has 0 radical (unpaired) electrons. The number of nitrogens with one attached hydrogen (secondary N) is 1. The number of halogens is 1. The molecule has 52 valence electrons. The third kappa shape index (κ3) is 1.27. The van der Waals surface area contributed by atoms with Crippen molar-refractivity contribution in [3.8, 4) is 0 Å². The van der Waals surface area contributed by atoms with Crippen LogP contribution in [0, 0.1) is 0 Å². The van der Waals surface area contributed by atoms with Gasteiger partial charge in [-0.3, -0.25) is 0 Å². The minimum absolute atomic E-state index is 0.0509. The van der Waals surface area contributed by atoms with Crippen molar-refractivity contribution >= 4 is 17.7 Å². The number of alkyl halides is 1. The van der Waals surface area contributed by atoms with E-state index in [0.29, 0.717) is 5.88 Å². The molecule has 1 aliphatic rings. The van der Waals surface area contributed by atoms with Crippen molar-refractivity contribution in [2.45, 2.75) is 19.1 Å². The first-order valence-corrected chi connectivity index (χ1v) is 3.30. The van der Waals surface area contributed by atoms with Gasteiger partial charge in [-0.2, -0.15) is 0 Å². The molecule has 1 rings (SSSR count). The summed E-state index contributed by atoms with van der Waals surface area (Å²) in [4.78, 5) is 10.4. The number of carbonyl (C=O) groups excluding carboxylic acids is 1. The van der Waals surface area contributed by atoms with Gasteiger partial charge >= 0.3 is 6.09 Å². The standard InChI is InChI=1S/C5H8ClNO2/c1-3-4(2-6)9-5(8)7-3/h3-4H,2H2,1H3,(H,7,8)/t3-,4?/m1/s1. The highest BCUT2D eigenvalue weighted by Crippen LogP contribution is 2.08. The van der Waals surface area contributed by atoms with Crippen molar-refractivity contribution in [2.75, 3.05) is 5.88 Å². The van der Waals surface area contributed by atoms with Crippen LogP contribution in [0.4, 0.5) is 4.79 Å². The lowest BCUT2D eigenvalue weighted by molar-refractivity contribution is 0.144. The molecule has 0 aliphatic carbocycles. The van der Waals surface area contributed by atoms with Gasteiger partial charge < -0.3 is 10.1 Å². The van der Waals surface area contributed by atoms with Gasteiger partial charge in [0.05, 0.1) is 11.9 Å². The maximum atomic E-state index is 10.4. The Bertz CT molecular complexity index is 128. The number of alkyl carbamates (subject to hydrolysis) is 1. The lowest BCUT2D eigenvalue weighted by Gasteiger charge is -2.06. The molecular weight excluding hydrogens is 142 g/mol. The molecule has 1 amide bonds. The molecule has 3 nitrogen and oxygen atoms in total. The van der Waals surface area contributed by atoms with E-state index in [0.717, 1.165) is 0 Å². The van der Waals surface area contributed by atoms with Crippen molar-refractivity contribution in [3.05, 3.63) is 0 Å². The molecule has 1 fully saturated rings. The Morgan fingerprint density at radius 2 is 2.56 bits per heavy atom. The Labute approximate surface area is 58.3 Å². The van der Waals surface area contributed by atoms with Crippen molar-refractivity contribution in [1.82, 2.24) is 5.32 Å². The summed E-state index contributed by atoms with van der Waals surface area (Å²) in [6.07, 6.45) is -0.521. The zero-order valence-electron chi connectivity index (χ0n) is 5.06. The molecule has 0 aromatic carbocycles. The van der Waals surface area contributed by atoms with E-state index in [1.807, 2.05) is 6.92 Å². The highest BCUT2D eigenvalue weighted by Gasteiger charge is 2.29.